The van der Waals surface area contributed by atoms with E-state index >= 15 is 0 Å². The molecule has 1 aliphatic heterocycles. The molecule has 180 valence electrons. The molecule has 0 spiro atoms. The van der Waals surface area contributed by atoms with E-state index in [1.807, 2.05) is 37.3 Å². The molecular formula is C25H20ClNO5S3. The van der Waals surface area contributed by atoms with Gasteiger partial charge in [0.05, 0.1) is 23.6 Å². The Morgan fingerprint density at radius 3 is 2.43 bits per heavy atom. The molecule has 1 saturated heterocycles. The molecule has 0 atom stereocenters. The van der Waals surface area contributed by atoms with Crippen LogP contribution in [0.1, 0.15) is 16.7 Å². The van der Waals surface area contributed by atoms with Gasteiger partial charge < -0.3 is 8.92 Å². The molecule has 0 radical (unpaired) electrons. The highest BCUT2D eigenvalue weighted by molar-refractivity contribution is 8.26. The molecule has 1 heterocycles. The standard InChI is InChI=1S/C25H20ClNO5S3/c1-16-8-10-19(11-9-16)35(29,30)32-23-20(26)12-18(13-21(23)31-2)14-22-24(28)27(25(33)34-22)15-17-6-4-3-5-7-17/h3-14H,15H2,1-2H3. The van der Waals surface area contributed by atoms with Crippen molar-refractivity contribution < 1.29 is 22.1 Å². The quantitative estimate of drug-likeness (QED) is 0.210. The van der Waals surface area contributed by atoms with Crippen LogP contribution < -0.4 is 8.92 Å². The number of thiocarbonyl (C=S) groups is 1. The Labute approximate surface area is 218 Å². The monoisotopic (exact) mass is 545 g/mol. The zero-order chi connectivity index (χ0) is 25.2. The number of rotatable bonds is 7. The summed E-state index contributed by atoms with van der Waals surface area (Å²) in [5, 5.41) is 0.0195. The molecule has 10 heteroatoms. The summed E-state index contributed by atoms with van der Waals surface area (Å²) in [5.74, 6) is -0.246. The van der Waals surface area contributed by atoms with Crippen LogP contribution in [-0.4, -0.2) is 30.7 Å². The fraction of sp³-hybridized carbons (Fsp3) is 0.120. The van der Waals surface area contributed by atoms with E-state index in [1.165, 1.54) is 42.0 Å². The highest BCUT2D eigenvalue weighted by Crippen LogP contribution is 2.40. The highest BCUT2D eigenvalue weighted by atomic mass is 35.5. The van der Waals surface area contributed by atoms with Gasteiger partial charge in [0, 0.05) is 0 Å². The van der Waals surface area contributed by atoms with E-state index in [4.69, 9.17) is 32.7 Å². The molecule has 0 aromatic heterocycles. The van der Waals surface area contributed by atoms with Crippen LogP contribution in [-0.2, 0) is 21.5 Å². The molecule has 1 aliphatic rings. The maximum Gasteiger partial charge on any atom is 0.339 e. The summed E-state index contributed by atoms with van der Waals surface area (Å²) >= 11 is 13.0. The van der Waals surface area contributed by atoms with Crippen molar-refractivity contribution in [3.8, 4) is 11.5 Å². The van der Waals surface area contributed by atoms with Crippen molar-refractivity contribution in [2.24, 2.45) is 0 Å². The van der Waals surface area contributed by atoms with Gasteiger partial charge in [0.2, 0.25) is 5.75 Å². The van der Waals surface area contributed by atoms with Crippen molar-refractivity contribution in [1.82, 2.24) is 4.90 Å². The SMILES string of the molecule is COc1cc(C=C2SC(=S)N(Cc3ccccc3)C2=O)cc(Cl)c1OS(=O)(=O)c1ccc(C)cc1. The lowest BCUT2D eigenvalue weighted by atomic mass is 10.1. The molecule has 1 fully saturated rings. The second-order valence-electron chi connectivity index (χ2n) is 7.64. The number of methoxy groups -OCH3 is 1. The first-order valence-corrected chi connectivity index (χ1v) is 13.4. The number of benzene rings is 3. The molecule has 35 heavy (non-hydrogen) atoms. The Balaban J connectivity index is 1.60. The van der Waals surface area contributed by atoms with E-state index in [0.29, 0.717) is 21.3 Å². The van der Waals surface area contributed by atoms with E-state index < -0.39 is 10.1 Å². The summed E-state index contributed by atoms with van der Waals surface area (Å²) in [6.07, 6.45) is 1.64. The molecule has 0 saturated carbocycles. The summed E-state index contributed by atoms with van der Waals surface area (Å²) in [6.45, 7) is 2.22. The molecular weight excluding hydrogens is 526 g/mol. The lowest BCUT2D eigenvalue weighted by Crippen LogP contribution is -2.27. The zero-order valence-electron chi connectivity index (χ0n) is 18.7. The predicted octanol–water partition coefficient (Wildman–Crippen LogP) is 5.83. The maximum absolute atomic E-state index is 13.0. The van der Waals surface area contributed by atoms with Crippen LogP contribution in [0.2, 0.25) is 5.02 Å². The number of ether oxygens (including phenoxy) is 1. The second-order valence-corrected chi connectivity index (χ2v) is 11.3. The third-order valence-corrected chi connectivity index (χ3v) is 8.00. The number of carbonyl (C=O) groups is 1. The number of aryl methyl sites for hydroxylation is 1. The Bertz CT molecular complexity index is 1420. The van der Waals surface area contributed by atoms with Gasteiger partial charge in [0.1, 0.15) is 9.22 Å². The molecule has 4 rings (SSSR count). The lowest BCUT2D eigenvalue weighted by molar-refractivity contribution is -0.122. The molecule has 1 amide bonds. The molecule has 3 aromatic rings. The average Bonchev–Trinajstić information content (AvgIpc) is 3.08. The molecule has 0 aliphatic carbocycles. The van der Waals surface area contributed by atoms with Gasteiger partial charge in [-0.05, 0) is 48.4 Å². The number of amides is 1. The van der Waals surface area contributed by atoms with Crippen LogP contribution in [0, 0.1) is 6.92 Å². The van der Waals surface area contributed by atoms with Gasteiger partial charge in [-0.25, -0.2) is 0 Å². The summed E-state index contributed by atoms with van der Waals surface area (Å²) in [7, 11) is -2.76. The normalized spacial score (nSPS) is 15.1. The van der Waals surface area contributed by atoms with Crippen molar-refractivity contribution in [2.75, 3.05) is 7.11 Å². The minimum absolute atomic E-state index is 0.00705. The lowest BCUT2D eigenvalue weighted by Gasteiger charge is -2.14. The van der Waals surface area contributed by atoms with Crippen LogP contribution in [0.4, 0.5) is 0 Å². The summed E-state index contributed by atoms with van der Waals surface area (Å²) in [6, 6.07) is 18.9. The van der Waals surface area contributed by atoms with E-state index in [0.717, 1.165) is 11.1 Å². The predicted molar refractivity (Wildman–Crippen MR) is 142 cm³/mol. The maximum atomic E-state index is 13.0. The third-order valence-electron chi connectivity index (χ3n) is 5.11. The largest absolute Gasteiger partial charge is 0.493 e. The fourth-order valence-corrected chi connectivity index (χ4v) is 5.84. The molecule has 0 bridgehead atoms. The van der Waals surface area contributed by atoms with E-state index in [2.05, 4.69) is 0 Å². The number of hydrogen-bond acceptors (Lipinski definition) is 7. The minimum Gasteiger partial charge on any atom is -0.493 e. The fourth-order valence-electron chi connectivity index (χ4n) is 3.32. The van der Waals surface area contributed by atoms with E-state index in [9.17, 15) is 13.2 Å². The van der Waals surface area contributed by atoms with E-state index in [1.54, 1.807) is 24.3 Å². The first-order valence-electron chi connectivity index (χ1n) is 10.4. The van der Waals surface area contributed by atoms with Crippen LogP contribution >= 0.6 is 35.6 Å². The van der Waals surface area contributed by atoms with Crippen molar-refractivity contribution >= 4 is 62.0 Å². The van der Waals surface area contributed by atoms with Gasteiger partial charge in [-0.1, -0.05) is 83.6 Å². The van der Waals surface area contributed by atoms with Crippen molar-refractivity contribution in [3.63, 3.8) is 0 Å². The summed E-state index contributed by atoms with van der Waals surface area (Å²) < 4.78 is 36.6. The van der Waals surface area contributed by atoms with Crippen molar-refractivity contribution in [2.45, 2.75) is 18.4 Å². The van der Waals surface area contributed by atoms with Gasteiger partial charge in [0.25, 0.3) is 5.91 Å². The molecule has 0 N–H and O–H groups in total. The molecule has 0 unspecified atom stereocenters. The van der Waals surface area contributed by atoms with E-state index in [-0.39, 0.29) is 27.3 Å². The van der Waals surface area contributed by atoms with Crippen molar-refractivity contribution in [1.29, 1.82) is 0 Å². The van der Waals surface area contributed by atoms with Gasteiger partial charge in [-0.15, -0.1) is 0 Å². The Hall–Kier alpha value is -2.85. The first-order chi connectivity index (χ1) is 16.7. The van der Waals surface area contributed by atoms with Crippen LogP contribution in [0.5, 0.6) is 11.5 Å². The van der Waals surface area contributed by atoms with Gasteiger partial charge in [-0.3, -0.25) is 9.69 Å². The molecule has 3 aromatic carbocycles. The number of hydrogen-bond donors (Lipinski definition) is 0. The zero-order valence-corrected chi connectivity index (χ0v) is 21.9. The topological polar surface area (TPSA) is 72.9 Å². The minimum atomic E-state index is -4.14. The van der Waals surface area contributed by atoms with Crippen LogP contribution in [0.3, 0.4) is 0 Å². The third kappa shape index (κ3) is 5.70. The number of carbonyl (C=O) groups excluding carboxylic acids is 1. The number of nitrogens with zero attached hydrogens (tertiary/aromatic N) is 1. The average molecular weight is 546 g/mol. The van der Waals surface area contributed by atoms with Crippen LogP contribution in [0.25, 0.3) is 6.08 Å². The summed E-state index contributed by atoms with van der Waals surface area (Å²) in [4.78, 5) is 14.9. The van der Waals surface area contributed by atoms with Gasteiger partial charge >= 0.3 is 10.1 Å². The number of halogens is 1. The smallest absolute Gasteiger partial charge is 0.339 e. The Kier molecular flexibility index (Phi) is 7.51. The second kappa shape index (κ2) is 10.4. The van der Waals surface area contributed by atoms with Crippen molar-refractivity contribution in [3.05, 3.63) is 93.3 Å². The Morgan fingerprint density at radius 1 is 1.09 bits per heavy atom. The highest BCUT2D eigenvalue weighted by Gasteiger charge is 2.32. The Morgan fingerprint density at radius 2 is 1.77 bits per heavy atom. The number of thioether (sulfide) groups is 1. The summed E-state index contributed by atoms with van der Waals surface area (Å²) in [5.41, 5.74) is 2.41. The first kappa shape index (κ1) is 25.2. The van der Waals surface area contributed by atoms with Gasteiger partial charge in [-0.2, -0.15) is 8.42 Å². The van der Waals surface area contributed by atoms with Gasteiger partial charge in [0.15, 0.2) is 5.75 Å². The molecule has 6 nitrogen and oxygen atoms in total. The van der Waals surface area contributed by atoms with Crippen LogP contribution in [0.15, 0.2) is 76.5 Å².